The van der Waals surface area contributed by atoms with Gasteiger partial charge in [0, 0.05) is 38.3 Å². The molecule has 0 aromatic heterocycles. The summed E-state index contributed by atoms with van der Waals surface area (Å²) in [4.78, 5) is 5.29. The Kier molecular flexibility index (Phi) is 3.96. The zero-order chi connectivity index (χ0) is 11.5. The largest absolute Gasteiger partial charge is 0.379 e. The van der Waals surface area contributed by atoms with E-state index < -0.39 is 0 Å². The van der Waals surface area contributed by atoms with Crippen LogP contribution in [0.3, 0.4) is 0 Å². The van der Waals surface area contributed by atoms with Crippen LogP contribution in [0.25, 0.3) is 0 Å². The number of hydrogen-bond donors (Lipinski definition) is 1. The van der Waals surface area contributed by atoms with Crippen molar-refractivity contribution < 1.29 is 4.74 Å². The van der Waals surface area contributed by atoms with E-state index in [4.69, 9.17) is 4.74 Å². The molecule has 3 heterocycles. The van der Waals surface area contributed by atoms with Gasteiger partial charge in [0.25, 0.3) is 0 Å². The number of ether oxygens (including phenoxy) is 1. The monoisotopic (exact) mass is 239 g/mol. The fraction of sp³-hybridized carbons (Fsp3) is 1.00. The summed E-state index contributed by atoms with van der Waals surface area (Å²) >= 11 is 0. The van der Waals surface area contributed by atoms with E-state index in [2.05, 4.69) is 15.1 Å². The fourth-order valence-electron chi connectivity index (χ4n) is 3.44. The summed E-state index contributed by atoms with van der Waals surface area (Å²) in [6.45, 7) is 9.20. The van der Waals surface area contributed by atoms with E-state index >= 15 is 0 Å². The first-order chi connectivity index (χ1) is 8.42. The van der Waals surface area contributed by atoms with Crippen molar-refractivity contribution in [3.8, 4) is 0 Å². The molecule has 0 aromatic carbocycles. The molecule has 3 aliphatic rings. The lowest BCUT2D eigenvalue weighted by molar-refractivity contribution is 0.0184. The van der Waals surface area contributed by atoms with Crippen molar-refractivity contribution in [2.24, 2.45) is 0 Å². The molecule has 4 heteroatoms. The number of hydrogen-bond acceptors (Lipinski definition) is 4. The number of morpholine rings is 1. The SMILES string of the molecule is C1CN[C@@H](CN2CCC(N3CCOCC3)C2)C1. The Hall–Kier alpha value is -0.160. The molecule has 0 radical (unpaired) electrons. The van der Waals surface area contributed by atoms with E-state index in [1.165, 1.54) is 45.4 Å². The summed E-state index contributed by atoms with van der Waals surface area (Å²) in [6.07, 6.45) is 4.09. The summed E-state index contributed by atoms with van der Waals surface area (Å²) in [5, 5.41) is 3.60. The lowest BCUT2D eigenvalue weighted by Gasteiger charge is -2.32. The van der Waals surface area contributed by atoms with E-state index in [-0.39, 0.29) is 0 Å². The number of likely N-dealkylation sites (tertiary alicyclic amines) is 1. The fourth-order valence-corrected chi connectivity index (χ4v) is 3.44. The molecular weight excluding hydrogens is 214 g/mol. The van der Waals surface area contributed by atoms with E-state index in [1.807, 2.05) is 0 Å². The van der Waals surface area contributed by atoms with Gasteiger partial charge in [-0.05, 0) is 32.4 Å². The standard InChI is InChI=1S/C13H25N3O/c1-2-12(14-4-1)10-15-5-3-13(11-15)16-6-8-17-9-7-16/h12-14H,1-11H2/t12-,13?/m1/s1. The third-order valence-corrected chi connectivity index (χ3v) is 4.45. The van der Waals surface area contributed by atoms with Gasteiger partial charge in [-0.25, -0.2) is 0 Å². The Morgan fingerprint density at radius 2 is 2.00 bits per heavy atom. The van der Waals surface area contributed by atoms with Gasteiger partial charge in [0.2, 0.25) is 0 Å². The molecule has 1 N–H and O–H groups in total. The second kappa shape index (κ2) is 5.65. The Morgan fingerprint density at radius 1 is 1.12 bits per heavy atom. The molecule has 0 aromatic rings. The molecule has 0 spiro atoms. The van der Waals surface area contributed by atoms with E-state index in [1.54, 1.807) is 0 Å². The number of nitrogens with one attached hydrogen (secondary N) is 1. The van der Waals surface area contributed by atoms with E-state index in [0.717, 1.165) is 38.4 Å². The minimum atomic E-state index is 0.762. The molecule has 0 bridgehead atoms. The highest BCUT2D eigenvalue weighted by Gasteiger charge is 2.30. The zero-order valence-corrected chi connectivity index (χ0v) is 10.7. The van der Waals surface area contributed by atoms with Crippen molar-refractivity contribution in [1.29, 1.82) is 0 Å². The molecule has 3 rings (SSSR count). The second-order valence-electron chi connectivity index (χ2n) is 5.64. The van der Waals surface area contributed by atoms with Crippen LogP contribution >= 0.6 is 0 Å². The van der Waals surface area contributed by atoms with Crippen LogP contribution in [0.2, 0.25) is 0 Å². The quantitative estimate of drug-likeness (QED) is 0.758. The molecule has 98 valence electrons. The van der Waals surface area contributed by atoms with Crippen LogP contribution in [-0.4, -0.2) is 74.4 Å². The summed E-state index contributed by atoms with van der Waals surface area (Å²) in [7, 11) is 0. The summed E-state index contributed by atoms with van der Waals surface area (Å²) in [6, 6.07) is 1.55. The van der Waals surface area contributed by atoms with Crippen LogP contribution < -0.4 is 5.32 Å². The minimum Gasteiger partial charge on any atom is -0.379 e. The van der Waals surface area contributed by atoms with Crippen LogP contribution in [0.15, 0.2) is 0 Å². The maximum Gasteiger partial charge on any atom is 0.0594 e. The normalized spacial score (nSPS) is 36.7. The van der Waals surface area contributed by atoms with Crippen LogP contribution in [-0.2, 0) is 4.74 Å². The summed E-state index contributed by atoms with van der Waals surface area (Å²) in [5.41, 5.74) is 0. The highest BCUT2D eigenvalue weighted by molar-refractivity contribution is 4.87. The first kappa shape index (κ1) is 11.9. The van der Waals surface area contributed by atoms with Gasteiger partial charge in [-0.15, -0.1) is 0 Å². The van der Waals surface area contributed by atoms with Gasteiger partial charge >= 0.3 is 0 Å². The first-order valence-electron chi connectivity index (χ1n) is 7.19. The maximum atomic E-state index is 5.43. The van der Waals surface area contributed by atoms with Gasteiger partial charge in [0.1, 0.15) is 0 Å². The number of nitrogens with zero attached hydrogens (tertiary/aromatic N) is 2. The highest BCUT2D eigenvalue weighted by atomic mass is 16.5. The smallest absolute Gasteiger partial charge is 0.0594 e. The topological polar surface area (TPSA) is 27.7 Å². The second-order valence-corrected chi connectivity index (χ2v) is 5.64. The number of rotatable bonds is 3. The minimum absolute atomic E-state index is 0.762. The Bertz CT molecular complexity index is 237. The maximum absolute atomic E-state index is 5.43. The van der Waals surface area contributed by atoms with Crippen molar-refractivity contribution in [1.82, 2.24) is 15.1 Å². The van der Waals surface area contributed by atoms with Crippen molar-refractivity contribution in [2.45, 2.75) is 31.3 Å². The van der Waals surface area contributed by atoms with Crippen molar-refractivity contribution in [3.63, 3.8) is 0 Å². The van der Waals surface area contributed by atoms with Crippen LogP contribution in [0.4, 0.5) is 0 Å². The zero-order valence-electron chi connectivity index (χ0n) is 10.7. The molecule has 0 saturated carbocycles. The molecule has 3 fully saturated rings. The summed E-state index contributed by atoms with van der Waals surface area (Å²) in [5.74, 6) is 0. The average molecular weight is 239 g/mol. The molecule has 17 heavy (non-hydrogen) atoms. The lowest BCUT2D eigenvalue weighted by Crippen LogP contribution is -2.45. The van der Waals surface area contributed by atoms with Gasteiger partial charge in [-0.2, -0.15) is 0 Å². The molecule has 3 aliphatic heterocycles. The van der Waals surface area contributed by atoms with E-state index in [9.17, 15) is 0 Å². The van der Waals surface area contributed by atoms with Crippen LogP contribution in [0.1, 0.15) is 19.3 Å². The average Bonchev–Trinajstić information content (AvgIpc) is 3.02. The summed E-state index contributed by atoms with van der Waals surface area (Å²) < 4.78 is 5.43. The lowest BCUT2D eigenvalue weighted by atomic mass is 10.2. The molecule has 1 unspecified atom stereocenters. The van der Waals surface area contributed by atoms with Gasteiger partial charge < -0.3 is 15.0 Å². The van der Waals surface area contributed by atoms with Gasteiger partial charge in [-0.1, -0.05) is 0 Å². The molecular formula is C13H25N3O. The Morgan fingerprint density at radius 3 is 2.76 bits per heavy atom. The molecule has 4 nitrogen and oxygen atoms in total. The predicted octanol–water partition coefficient (Wildman–Crippen LogP) is 0.145. The van der Waals surface area contributed by atoms with Crippen molar-refractivity contribution >= 4 is 0 Å². The molecule has 0 aliphatic carbocycles. The van der Waals surface area contributed by atoms with Crippen molar-refractivity contribution in [3.05, 3.63) is 0 Å². The third-order valence-electron chi connectivity index (χ3n) is 4.45. The molecule has 2 atom stereocenters. The van der Waals surface area contributed by atoms with Gasteiger partial charge in [-0.3, -0.25) is 4.90 Å². The van der Waals surface area contributed by atoms with Gasteiger partial charge in [0.15, 0.2) is 0 Å². The van der Waals surface area contributed by atoms with Crippen LogP contribution in [0.5, 0.6) is 0 Å². The third kappa shape index (κ3) is 2.99. The Balaban J connectivity index is 1.44. The predicted molar refractivity (Wildman–Crippen MR) is 68.3 cm³/mol. The van der Waals surface area contributed by atoms with Crippen LogP contribution in [0, 0.1) is 0 Å². The molecule has 0 amide bonds. The van der Waals surface area contributed by atoms with Gasteiger partial charge in [0.05, 0.1) is 13.2 Å². The van der Waals surface area contributed by atoms with Crippen molar-refractivity contribution in [2.75, 3.05) is 52.5 Å². The van der Waals surface area contributed by atoms with E-state index in [0.29, 0.717) is 0 Å². The first-order valence-corrected chi connectivity index (χ1v) is 7.19. The highest BCUT2D eigenvalue weighted by Crippen LogP contribution is 2.18. The molecule has 3 saturated heterocycles. The Labute approximate surface area is 104 Å².